The van der Waals surface area contributed by atoms with E-state index in [0.29, 0.717) is 27.7 Å². The number of esters is 1. The van der Waals surface area contributed by atoms with Crippen LogP contribution in [-0.4, -0.2) is 47.1 Å². The average molecular weight is 496 g/mol. The number of hydrogen-bond donors (Lipinski definition) is 1. The number of fused-ring (bicyclic) bond motifs is 1. The van der Waals surface area contributed by atoms with E-state index < -0.39 is 12.0 Å². The van der Waals surface area contributed by atoms with Gasteiger partial charge in [-0.15, -0.1) is 0 Å². The first-order valence-electron chi connectivity index (χ1n) is 11.4. The first-order valence-corrected chi connectivity index (χ1v) is 12.3. The average Bonchev–Trinajstić information content (AvgIpc) is 3.13. The lowest BCUT2D eigenvalue weighted by Crippen LogP contribution is -2.50. The lowest BCUT2D eigenvalue weighted by Gasteiger charge is -2.39. The van der Waals surface area contributed by atoms with Crippen LogP contribution >= 0.6 is 11.8 Å². The molecule has 2 aliphatic rings. The van der Waals surface area contributed by atoms with E-state index in [2.05, 4.69) is 10.3 Å². The molecule has 0 bridgehead atoms. The van der Waals surface area contributed by atoms with Gasteiger partial charge in [0, 0.05) is 18.1 Å². The summed E-state index contributed by atoms with van der Waals surface area (Å²) in [7, 11) is 1.57. The van der Waals surface area contributed by atoms with Crippen molar-refractivity contribution in [2.24, 2.45) is 0 Å². The van der Waals surface area contributed by atoms with Gasteiger partial charge < -0.3 is 19.5 Å². The van der Waals surface area contributed by atoms with Crippen LogP contribution in [0, 0.1) is 0 Å². The Bertz CT molecular complexity index is 1180. The van der Waals surface area contributed by atoms with E-state index >= 15 is 0 Å². The molecule has 1 aromatic heterocycles. The Labute approximate surface area is 209 Å². The van der Waals surface area contributed by atoms with Crippen LogP contribution in [0.15, 0.2) is 58.9 Å². The van der Waals surface area contributed by atoms with E-state index in [1.807, 2.05) is 57.2 Å². The molecule has 35 heavy (non-hydrogen) atoms. The maximum Gasteiger partial charge on any atom is 0.338 e. The third kappa shape index (κ3) is 5.00. The molecule has 0 radical (unpaired) electrons. The summed E-state index contributed by atoms with van der Waals surface area (Å²) in [4.78, 5) is 33.1. The summed E-state index contributed by atoms with van der Waals surface area (Å²) in [5.41, 5.74) is 2.22. The number of carbonyl (C=O) groups excluding carboxylic acids is 2. The summed E-state index contributed by atoms with van der Waals surface area (Å²) < 4.78 is 16.8. The Hall–Kier alpha value is -3.46. The highest BCUT2D eigenvalue weighted by Crippen LogP contribution is 2.47. The highest BCUT2D eigenvalue weighted by molar-refractivity contribution is 8.05. The fourth-order valence-corrected chi connectivity index (χ4v) is 5.35. The van der Waals surface area contributed by atoms with Crippen molar-refractivity contribution in [2.75, 3.05) is 13.7 Å². The molecule has 0 unspecified atom stereocenters. The Kier molecular flexibility index (Phi) is 7.35. The minimum Gasteiger partial charge on any atom is -0.493 e. The van der Waals surface area contributed by atoms with E-state index in [1.54, 1.807) is 31.3 Å². The third-order valence-electron chi connectivity index (χ3n) is 5.58. The van der Waals surface area contributed by atoms with Gasteiger partial charge in [-0.1, -0.05) is 23.9 Å². The molecular formula is C26H29N3O5S. The molecule has 4 rings (SSSR count). The number of nitrogens with one attached hydrogen (secondary N) is 1. The van der Waals surface area contributed by atoms with E-state index in [4.69, 9.17) is 14.2 Å². The van der Waals surface area contributed by atoms with Gasteiger partial charge in [0.1, 0.15) is 0 Å². The number of aromatic nitrogens is 1. The monoisotopic (exact) mass is 495 g/mol. The van der Waals surface area contributed by atoms with Crippen LogP contribution in [0.25, 0.3) is 6.08 Å². The molecular weight excluding hydrogens is 466 g/mol. The van der Waals surface area contributed by atoms with Crippen LogP contribution in [0.4, 0.5) is 0 Å². The van der Waals surface area contributed by atoms with Gasteiger partial charge in [-0.2, -0.15) is 0 Å². The first kappa shape index (κ1) is 24.7. The Morgan fingerprint density at radius 1 is 1.29 bits per heavy atom. The molecule has 2 aliphatic heterocycles. The fourth-order valence-electron chi connectivity index (χ4n) is 4.13. The largest absolute Gasteiger partial charge is 0.493 e. The number of ether oxygens (including phenoxy) is 3. The predicted octanol–water partition coefficient (Wildman–Crippen LogP) is 4.26. The first-order chi connectivity index (χ1) is 16.8. The number of carbonyl (C=O) groups is 2. The highest BCUT2D eigenvalue weighted by Gasteiger charge is 2.48. The summed E-state index contributed by atoms with van der Waals surface area (Å²) in [5, 5.41) is 3.31. The second kappa shape index (κ2) is 10.4. The minimum atomic E-state index is -0.665. The number of allylic oxidation sites excluding steroid dienone is 1. The van der Waals surface area contributed by atoms with E-state index in [9.17, 15) is 9.59 Å². The molecule has 3 heterocycles. The summed E-state index contributed by atoms with van der Waals surface area (Å²) in [6, 6.07) is 8.54. The molecule has 1 fully saturated rings. The Morgan fingerprint density at radius 3 is 2.74 bits per heavy atom. The lowest BCUT2D eigenvalue weighted by molar-refractivity contribution is -0.140. The molecule has 0 aliphatic carbocycles. The van der Waals surface area contributed by atoms with Gasteiger partial charge in [0.05, 0.1) is 36.3 Å². The molecule has 0 saturated carbocycles. The maximum absolute atomic E-state index is 13.7. The third-order valence-corrected chi connectivity index (χ3v) is 6.69. The molecule has 8 nitrogen and oxygen atoms in total. The number of amides is 1. The molecule has 0 spiro atoms. The molecule has 9 heteroatoms. The zero-order chi connectivity index (χ0) is 25.1. The van der Waals surface area contributed by atoms with Crippen LogP contribution in [0.3, 0.4) is 0 Å². The predicted molar refractivity (Wildman–Crippen MR) is 134 cm³/mol. The zero-order valence-electron chi connectivity index (χ0n) is 20.4. The summed E-state index contributed by atoms with van der Waals surface area (Å²) in [6.07, 6.45) is 5.17. The SMILES string of the molecule is CCOC(=O)C1=C(C)N[C@@H]2S/C(=C\c3cccnc3)C(=O)N2[C@@H]1c1ccc(OC(C)C)c(OC)c1. The molecule has 2 atom stereocenters. The number of hydrogen-bond acceptors (Lipinski definition) is 8. The fraction of sp³-hybridized carbons (Fsp3) is 0.346. The molecule has 1 N–H and O–H groups in total. The van der Waals surface area contributed by atoms with Crippen molar-refractivity contribution in [1.29, 1.82) is 0 Å². The Balaban J connectivity index is 1.80. The van der Waals surface area contributed by atoms with Crippen molar-refractivity contribution in [2.45, 2.75) is 45.3 Å². The zero-order valence-corrected chi connectivity index (χ0v) is 21.2. The summed E-state index contributed by atoms with van der Waals surface area (Å²) in [6.45, 7) is 7.69. The Morgan fingerprint density at radius 2 is 2.09 bits per heavy atom. The molecule has 1 aromatic carbocycles. The number of rotatable bonds is 7. The second-order valence-electron chi connectivity index (χ2n) is 8.36. The standard InChI is InChI=1S/C26H29N3O5S/c1-6-33-25(31)22-16(4)28-26-29(24(30)21(35-26)12-17-8-7-11-27-14-17)23(22)18-9-10-19(34-15(2)3)20(13-18)32-5/h7-15,23,26,28H,6H2,1-5H3/b21-12-/t23-,26+/m1/s1. The summed E-state index contributed by atoms with van der Waals surface area (Å²) in [5.74, 6) is 0.467. The van der Waals surface area contributed by atoms with E-state index in [-0.39, 0.29) is 24.1 Å². The number of thioether (sulfide) groups is 1. The number of methoxy groups -OCH3 is 1. The van der Waals surface area contributed by atoms with Gasteiger partial charge >= 0.3 is 5.97 Å². The molecule has 1 amide bonds. The number of nitrogens with zero attached hydrogens (tertiary/aromatic N) is 2. The van der Waals surface area contributed by atoms with Gasteiger partial charge in [0.15, 0.2) is 17.0 Å². The smallest absolute Gasteiger partial charge is 0.338 e. The number of pyridine rings is 1. The van der Waals surface area contributed by atoms with E-state index in [1.165, 1.54) is 11.8 Å². The second-order valence-corrected chi connectivity index (χ2v) is 9.48. The van der Waals surface area contributed by atoms with Crippen LogP contribution < -0.4 is 14.8 Å². The van der Waals surface area contributed by atoms with Gasteiger partial charge in [-0.05, 0) is 63.1 Å². The topological polar surface area (TPSA) is 90.0 Å². The van der Waals surface area contributed by atoms with Crippen molar-refractivity contribution in [3.63, 3.8) is 0 Å². The van der Waals surface area contributed by atoms with E-state index in [0.717, 1.165) is 11.1 Å². The molecule has 2 aromatic rings. The lowest BCUT2D eigenvalue weighted by atomic mass is 9.93. The number of benzene rings is 1. The quantitative estimate of drug-likeness (QED) is 0.450. The van der Waals surface area contributed by atoms with Crippen molar-refractivity contribution in [3.8, 4) is 11.5 Å². The van der Waals surface area contributed by atoms with Crippen molar-refractivity contribution >= 4 is 29.7 Å². The summed E-state index contributed by atoms with van der Waals surface area (Å²) >= 11 is 1.40. The molecule has 1 saturated heterocycles. The maximum atomic E-state index is 13.7. The highest BCUT2D eigenvalue weighted by atomic mass is 32.2. The van der Waals surface area contributed by atoms with Gasteiger partial charge in [0.2, 0.25) is 0 Å². The van der Waals surface area contributed by atoms with Crippen molar-refractivity contribution in [3.05, 3.63) is 70.0 Å². The van der Waals surface area contributed by atoms with Crippen molar-refractivity contribution in [1.82, 2.24) is 15.2 Å². The minimum absolute atomic E-state index is 0.0352. The normalized spacial score (nSPS) is 20.7. The van der Waals surface area contributed by atoms with Crippen molar-refractivity contribution < 1.29 is 23.8 Å². The van der Waals surface area contributed by atoms with Crippen LogP contribution in [-0.2, 0) is 14.3 Å². The van der Waals surface area contributed by atoms with Gasteiger partial charge in [-0.3, -0.25) is 14.7 Å². The molecule has 184 valence electrons. The van der Waals surface area contributed by atoms with Gasteiger partial charge in [-0.25, -0.2) is 4.79 Å². The van der Waals surface area contributed by atoms with Crippen LogP contribution in [0.5, 0.6) is 11.5 Å². The van der Waals surface area contributed by atoms with Crippen LogP contribution in [0.1, 0.15) is 44.9 Å². The van der Waals surface area contributed by atoms with Gasteiger partial charge in [0.25, 0.3) is 5.91 Å². The van der Waals surface area contributed by atoms with Crippen LogP contribution in [0.2, 0.25) is 0 Å².